The zero-order chi connectivity index (χ0) is 15.2. The van der Waals surface area contributed by atoms with Crippen LogP contribution in [0.5, 0.6) is 0 Å². The van der Waals surface area contributed by atoms with Crippen molar-refractivity contribution in [3.05, 3.63) is 46.5 Å². The van der Waals surface area contributed by atoms with E-state index in [4.69, 9.17) is 28.3 Å². The lowest BCUT2D eigenvalue weighted by atomic mass is 9.78. The van der Waals surface area contributed by atoms with E-state index in [9.17, 15) is 4.79 Å². The molecule has 0 aromatic heterocycles. The Bertz CT molecular complexity index is 532. The van der Waals surface area contributed by atoms with Crippen LogP contribution in [0, 0.1) is 0 Å². The topological polar surface area (TPSA) is 61.7 Å². The molecule has 108 valence electrons. The first-order chi connectivity index (χ1) is 9.45. The molecule has 0 radical (unpaired) electrons. The average molecular weight is 315 g/mol. The van der Waals surface area contributed by atoms with Gasteiger partial charge in [-0.05, 0) is 24.1 Å². The quantitative estimate of drug-likeness (QED) is 0.620. The van der Waals surface area contributed by atoms with Crippen molar-refractivity contribution in [1.82, 2.24) is 5.32 Å². The first kappa shape index (κ1) is 16.5. The molecule has 0 saturated heterocycles. The summed E-state index contributed by atoms with van der Waals surface area (Å²) < 4.78 is 0. The third kappa shape index (κ3) is 3.99. The molecular formula is C14H16Cl2N2O2. The maximum absolute atomic E-state index is 10.8. The molecule has 4 nitrogen and oxygen atoms in total. The van der Waals surface area contributed by atoms with Crippen LogP contribution in [0.4, 0.5) is 4.79 Å². The van der Waals surface area contributed by atoms with Crippen molar-refractivity contribution in [3.63, 3.8) is 0 Å². The Morgan fingerprint density at radius 1 is 1.50 bits per heavy atom. The fraction of sp³-hybridized carbons (Fsp3) is 0.286. The van der Waals surface area contributed by atoms with Crippen LogP contribution in [-0.4, -0.2) is 31.0 Å². The van der Waals surface area contributed by atoms with Crippen molar-refractivity contribution in [1.29, 1.82) is 0 Å². The van der Waals surface area contributed by atoms with Gasteiger partial charge in [-0.25, -0.2) is 4.79 Å². The third-order valence-electron chi connectivity index (χ3n) is 2.93. The van der Waals surface area contributed by atoms with Crippen molar-refractivity contribution < 1.29 is 9.90 Å². The van der Waals surface area contributed by atoms with Gasteiger partial charge in [-0.15, -0.1) is 6.58 Å². The third-order valence-corrected chi connectivity index (χ3v) is 3.67. The van der Waals surface area contributed by atoms with Gasteiger partial charge in [-0.1, -0.05) is 35.3 Å². The van der Waals surface area contributed by atoms with Crippen LogP contribution >= 0.6 is 23.2 Å². The van der Waals surface area contributed by atoms with Crippen molar-refractivity contribution in [2.24, 2.45) is 4.99 Å². The zero-order valence-corrected chi connectivity index (χ0v) is 12.6. The number of rotatable bonds is 6. The molecule has 0 saturated carbocycles. The van der Waals surface area contributed by atoms with Crippen LogP contribution in [0.15, 0.2) is 35.8 Å². The number of hydrogen-bond donors (Lipinski definition) is 2. The van der Waals surface area contributed by atoms with Gasteiger partial charge >= 0.3 is 6.09 Å². The van der Waals surface area contributed by atoms with Gasteiger partial charge in [-0.2, -0.15) is 0 Å². The number of aliphatic imine (C=N–C) groups is 1. The second-order valence-corrected chi connectivity index (χ2v) is 5.14. The fourth-order valence-electron chi connectivity index (χ4n) is 2.01. The van der Waals surface area contributed by atoms with Gasteiger partial charge in [0.2, 0.25) is 0 Å². The minimum Gasteiger partial charge on any atom is -0.465 e. The lowest BCUT2D eigenvalue weighted by Gasteiger charge is -2.29. The summed E-state index contributed by atoms with van der Waals surface area (Å²) in [5.74, 6) is 0. The van der Waals surface area contributed by atoms with Crippen LogP contribution in [-0.2, 0) is 5.41 Å². The lowest BCUT2D eigenvalue weighted by molar-refractivity contribution is 0.193. The molecular weight excluding hydrogens is 299 g/mol. The predicted octanol–water partition coefficient (Wildman–Crippen LogP) is 3.78. The van der Waals surface area contributed by atoms with Crippen molar-refractivity contribution >= 4 is 35.5 Å². The van der Waals surface area contributed by atoms with Gasteiger partial charge < -0.3 is 10.4 Å². The molecule has 1 amide bonds. The Hall–Kier alpha value is -1.52. The lowest BCUT2D eigenvalue weighted by Crippen LogP contribution is -2.41. The Morgan fingerprint density at radius 2 is 2.20 bits per heavy atom. The van der Waals surface area contributed by atoms with Gasteiger partial charge in [0.25, 0.3) is 0 Å². The van der Waals surface area contributed by atoms with Crippen LogP contribution in [0.3, 0.4) is 0 Å². The summed E-state index contributed by atoms with van der Waals surface area (Å²) in [6, 6.07) is 5.21. The summed E-state index contributed by atoms with van der Waals surface area (Å²) in [7, 11) is 1.64. The van der Waals surface area contributed by atoms with E-state index < -0.39 is 11.5 Å². The molecule has 0 aliphatic rings. The second-order valence-electron chi connectivity index (χ2n) is 4.32. The largest absolute Gasteiger partial charge is 0.465 e. The maximum atomic E-state index is 10.8. The second kappa shape index (κ2) is 7.31. The summed E-state index contributed by atoms with van der Waals surface area (Å²) >= 11 is 12.0. The molecule has 0 heterocycles. The Morgan fingerprint density at radius 3 is 2.70 bits per heavy atom. The number of hydrogen-bond acceptors (Lipinski definition) is 2. The van der Waals surface area contributed by atoms with Crippen molar-refractivity contribution in [3.8, 4) is 0 Å². The molecule has 0 spiro atoms. The van der Waals surface area contributed by atoms with E-state index in [-0.39, 0.29) is 6.54 Å². The predicted molar refractivity (Wildman–Crippen MR) is 83.4 cm³/mol. The number of benzene rings is 1. The van der Waals surface area contributed by atoms with Crippen LogP contribution < -0.4 is 5.32 Å². The maximum Gasteiger partial charge on any atom is 0.404 e. The molecule has 0 aliphatic carbocycles. The molecule has 0 aliphatic heterocycles. The highest BCUT2D eigenvalue weighted by Gasteiger charge is 2.30. The highest BCUT2D eigenvalue weighted by atomic mass is 35.5. The van der Waals surface area contributed by atoms with E-state index >= 15 is 0 Å². The molecule has 1 aromatic rings. The number of allylic oxidation sites excluding steroid dienone is 1. The number of amides is 1. The Balaban J connectivity index is 3.27. The zero-order valence-electron chi connectivity index (χ0n) is 11.1. The summed E-state index contributed by atoms with van der Waals surface area (Å²) in [4.78, 5) is 14.8. The van der Waals surface area contributed by atoms with E-state index in [0.29, 0.717) is 16.5 Å². The molecule has 1 atom stereocenters. The monoisotopic (exact) mass is 314 g/mol. The highest BCUT2D eigenvalue weighted by molar-refractivity contribution is 6.42. The highest BCUT2D eigenvalue weighted by Crippen LogP contribution is 2.31. The molecule has 0 fully saturated rings. The normalized spacial score (nSPS) is 13.9. The van der Waals surface area contributed by atoms with Crippen LogP contribution in [0.1, 0.15) is 12.0 Å². The summed E-state index contributed by atoms with van der Waals surface area (Å²) in [6.07, 6.45) is 2.84. The Labute approximate surface area is 128 Å². The van der Waals surface area contributed by atoms with Gasteiger partial charge in [0, 0.05) is 19.8 Å². The average Bonchev–Trinajstić information content (AvgIpc) is 2.39. The fourth-order valence-corrected chi connectivity index (χ4v) is 2.31. The van der Waals surface area contributed by atoms with Crippen molar-refractivity contribution in [2.75, 3.05) is 13.6 Å². The summed E-state index contributed by atoms with van der Waals surface area (Å²) in [6.45, 7) is 3.89. The van der Waals surface area contributed by atoms with Gasteiger partial charge in [0.1, 0.15) is 0 Å². The number of carboxylic acid groups (broad SMARTS) is 1. The molecule has 1 aromatic carbocycles. The van der Waals surface area contributed by atoms with Gasteiger partial charge in [0.15, 0.2) is 0 Å². The van der Waals surface area contributed by atoms with E-state index in [0.717, 1.165) is 5.56 Å². The van der Waals surface area contributed by atoms with E-state index in [1.54, 1.807) is 31.5 Å². The number of nitrogens with zero attached hydrogens (tertiary/aromatic N) is 1. The minimum absolute atomic E-state index is 0.170. The molecule has 20 heavy (non-hydrogen) atoms. The summed E-state index contributed by atoms with van der Waals surface area (Å²) in [5.41, 5.74) is 0.189. The molecule has 1 unspecified atom stereocenters. The number of nitrogens with one attached hydrogen (secondary N) is 1. The first-order valence-corrected chi connectivity index (χ1v) is 6.67. The number of halogens is 2. The SMILES string of the molecule is C=CCC(/C=N\C)(CNC(=O)O)c1ccc(Cl)c(Cl)c1. The molecule has 1 rings (SSSR count). The van der Waals surface area contributed by atoms with E-state index in [2.05, 4.69) is 16.9 Å². The molecule has 2 N–H and O–H groups in total. The summed E-state index contributed by atoms with van der Waals surface area (Å²) in [5, 5.41) is 12.1. The minimum atomic E-state index is -1.09. The van der Waals surface area contributed by atoms with E-state index in [1.165, 1.54) is 0 Å². The van der Waals surface area contributed by atoms with E-state index in [1.807, 2.05) is 6.07 Å². The standard InChI is InChI=1S/C14H16Cl2N2O2/c1-3-6-14(8-17-2,9-18-13(19)20)10-4-5-11(15)12(16)7-10/h3-5,7-8,18H,1,6,9H2,2H3,(H,19,20)/b17-8-. The molecule has 6 heteroatoms. The van der Waals surface area contributed by atoms with Gasteiger partial charge in [-0.3, -0.25) is 4.99 Å². The van der Waals surface area contributed by atoms with Crippen LogP contribution in [0.2, 0.25) is 10.0 Å². The first-order valence-electron chi connectivity index (χ1n) is 5.91. The number of carbonyl (C=O) groups is 1. The Kier molecular flexibility index (Phi) is 6.05. The van der Waals surface area contributed by atoms with Gasteiger partial charge in [0.05, 0.1) is 15.5 Å². The van der Waals surface area contributed by atoms with Crippen molar-refractivity contribution in [2.45, 2.75) is 11.8 Å². The molecule has 0 bridgehead atoms. The smallest absolute Gasteiger partial charge is 0.404 e. The van der Waals surface area contributed by atoms with Crippen LogP contribution in [0.25, 0.3) is 0 Å².